The predicted molar refractivity (Wildman–Crippen MR) is 104 cm³/mol. The Bertz CT molecular complexity index is 952. The normalized spacial score (nSPS) is 13.6. The number of benzene rings is 1. The largest absolute Gasteiger partial charge is 0.504 e. The van der Waals surface area contributed by atoms with Gasteiger partial charge in [-0.1, -0.05) is 23.9 Å². The number of thioether (sulfide) groups is 1. The van der Waals surface area contributed by atoms with Gasteiger partial charge in [-0.15, -0.1) is 21.5 Å². The molecule has 3 N–H and O–H groups in total. The van der Waals surface area contributed by atoms with Crippen LogP contribution in [0.4, 0.5) is 0 Å². The number of hydrogen-bond donors (Lipinski definition) is 3. The number of phenols is 2. The second-order valence-corrected chi connectivity index (χ2v) is 8.16. The van der Waals surface area contributed by atoms with Crippen LogP contribution < -0.4 is 5.32 Å². The van der Waals surface area contributed by atoms with Gasteiger partial charge in [0.15, 0.2) is 22.5 Å². The number of phenolic OH excluding ortho intramolecular Hbond substituents is 2. The second-order valence-electron chi connectivity index (χ2n) is 6.27. The summed E-state index contributed by atoms with van der Waals surface area (Å²) in [4.78, 5) is 13.3. The van der Waals surface area contributed by atoms with E-state index >= 15 is 0 Å². The van der Waals surface area contributed by atoms with E-state index in [1.807, 2.05) is 17.5 Å². The highest BCUT2D eigenvalue weighted by molar-refractivity contribution is 7.99. The summed E-state index contributed by atoms with van der Waals surface area (Å²) >= 11 is 3.01. The first kappa shape index (κ1) is 17.9. The van der Waals surface area contributed by atoms with Crippen molar-refractivity contribution in [3.05, 3.63) is 41.3 Å². The summed E-state index contributed by atoms with van der Waals surface area (Å²) in [5.41, 5.74) is 0.713. The topological polar surface area (TPSA) is 100 Å². The Morgan fingerprint density at radius 3 is 2.81 bits per heavy atom. The Kier molecular flexibility index (Phi) is 5.04. The van der Waals surface area contributed by atoms with Gasteiger partial charge in [0.1, 0.15) is 0 Å². The Morgan fingerprint density at radius 1 is 1.26 bits per heavy atom. The average Bonchev–Trinajstić information content (AvgIpc) is 3.18. The van der Waals surface area contributed by atoms with Gasteiger partial charge >= 0.3 is 0 Å². The number of aromatic nitrogens is 3. The van der Waals surface area contributed by atoms with Gasteiger partial charge in [-0.3, -0.25) is 9.36 Å². The van der Waals surface area contributed by atoms with E-state index in [1.54, 1.807) is 17.4 Å². The quantitative estimate of drug-likeness (QED) is 0.415. The highest BCUT2D eigenvalue weighted by Crippen LogP contribution is 2.41. The molecule has 9 heteroatoms. The molecule has 2 heterocycles. The maximum atomic E-state index is 12.2. The van der Waals surface area contributed by atoms with Crippen LogP contribution in [0, 0.1) is 0 Å². The molecule has 1 aliphatic rings. The van der Waals surface area contributed by atoms with Gasteiger partial charge < -0.3 is 15.5 Å². The lowest BCUT2D eigenvalue weighted by atomic mass is 10.2. The minimum Gasteiger partial charge on any atom is -0.504 e. The molecule has 27 heavy (non-hydrogen) atoms. The highest BCUT2D eigenvalue weighted by atomic mass is 32.2. The van der Waals surface area contributed by atoms with E-state index in [4.69, 9.17) is 0 Å². The molecule has 0 bridgehead atoms. The van der Waals surface area contributed by atoms with Crippen LogP contribution in [0.2, 0.25) is 0 Å². The van der Waals surface area contributed by atoms with Gasteiger partial charge in [0.25, 0.3) is 0 Å². The number of thiophene rings is 1. The third kappa shape index (κ3) is 4.09. The minimum absolute atomic E-state index is 0.129. The van der Waals surface area contributed by atoms with Crippen LogP contribution in [-0.2, 0) is 11.3 Å². The van der Waals surface area contributed by atoms with Gasteiger partial charge in [0, 0.05) is 12.6 Å². The molecule has 7 nitrogen and oxygen atoms in total. The molecule has 0 saturated heterocycles. The molecule has 1 amide bonds. The SMILES string of the molecule is O=C(CSc1nnc(-c2cccs2)n1C1CC1)NCc1ccc(O)c(O)c1. The summed E-state index contributed by atoms with van der Waals surface area (Å²) in [5.74, 6) is 0.598. The van der Waals surface area contributed by atoms with Crippen molar-refractivity contribution in [3.8, 4) is 22.2 Å². The number of rotatable bonds is 7. The molecule has 2 aromatic heterocycles. The van der Waals surface area contributed by atoms with Crippen LogP contribution in [0.25, 0.3) is 10.7 Å². The zero-order chi connectivity index (χ0) is 18.8. The Morgan fingerprint density at radius 2 is 2.11 bits per heavy atom. The number of hydrogen-bond acceptors (Lipinski definition) is 7. The van der Waals surface area contributed by atoms with Crippen molar-refractivity contribution in [1.29, 1.82) is 0 Å². The van der Waals surface area contributed by atoms with Gasteiger partial charge in [-0.2, -0.15) is 0 Å². The molecule has 4 rings (SSSR count). The van der Waals surface area contributed by atoms with Gasteiger partial charge in [0.05, 0.1) is 10.6 Å². The van der Waals surface area contributed by atoms with Crippen LogP contribution in [0.3, 0.4) is 0 Å². The first-order valence-electron chi connectivity index (χ1n) is 8.51. The fourth-order valence-corrected chi connectivity index (χ4v) is 4.21. The summed E-state index contributed by atoms with van der Waals surface area (Å²) in [5, 5.41) is 33.0. The first-order chi connectivity index (χ1) is 13.1. The smallest absolute Gasteiger partial charge is 0.230 e. The maximum absolute atomic E-state index is 12.2. The monoisotopic (exact) mass is 402 g/mol. The fraction of sp³-hybridized carbons (Fsp3) is 0.278. The third-order valence-electron chi connectivity index (χ3n) is 4.18. The van der Waals surface area contributed by atoms with Crippen LogP contribution in [0.1, 0.15) is 24.4 Å². The number of aromatic hydroxyl groups is 2. The minimum atomic E-state index is -0.199. The molecule has 1 aromatic carbocycles. The molecular weight excluding hydrogens is 384 g/mol. The van der Waals surface area contributed by atoms with E-state index in [2.05, 4.69) is 20.1 Å². The summed E-state index contributed by atoms with van der Waals surface area (Å²) in [6, 6.07) is 8.92. The highest BCUT2D eigenvalue weighted by Gasteiger charge is 2.30. The van der Waals surface area contributed by atoms with E-state index in [-0.39, 0.29) is 29.7 Å². The van der Waals surface area contributed by atoms with Crippen molar-refractivity contribution in [2.75, 3.05) is 5.75 Å². The molecule has 0 atom stereocenters. The van der Waals surface area contributed by atoms with Gasteiger partial charge in [-0.05, 0) is 42.0 Å². The van der Waals surface area contributed by atoms with E-state index in [0.29, 0.717) is 11.6 Å². The lowest BCUT2D eigenvalue weighted by molar-refractivity contribution is -0.118. The summed E-state index contributed by atoms with van der Waals surface area (Å²) in [6.45, 7) is 0.281. The zero-order valence-corrected chi connectivity index (χ0v) is 16.0. The molecule has 140 valence electrons. The van der Waals surface area contributed by atoms with Crippen molar-refractivity contribution in [3.63, 3.8) is 0 Å². The Hall–Kier alpha value is -2.52. The summed E-state index contributed by atoms with van der Waals surface area (Å²) in [6.07, 6.45) is 2.22. The molecule has 1 fully saturated rings. The van der Waals surface area contributed by atoms with Crippen LogP contribution in [0.5, 0.6) is 11.5 Å². The summed E-state index contributed by atoms with van der Waals surface area (Å²) in [7, 11) is 0. The van der Waals surface area contributed by atoms with Crippen LogP contribution in [-0.4, -0.2) is 36.6 Å². The number of nitrogens with zero attached hydrogens (tertiary/aromatic N) is 3. The maximum Gasteiger partial charge on any atom is 0.230 e. The molecule has 0 unspecified atom stereocenters. The molecule has 0 radical (unpaired) electrons. The fourth-order valence-electron chi connectivity index (χ4n) is 2.67. The van der Waals surface area contributed by atoms with Crippen molar-refractivity contribution in [2.45, 2.75) is 30.6 Å². The van der Waals surface area contributed by atoms with Crippen LogP contribution in [0.15, 0.2) is 40.9 Å². The van der Waals surface area contributed by atoms with Crippen molar-refractivity contribution >= 4 is 29.0 Å². The molecule has 0 aliphatic heterocycles. The Labute approximate surface area is 164 Å². The van der Waals surface area contributed by atoms with Crippen LogP contribution >= 0.6 is 23.1 Å². The number of amides is 1. The zero-order valence-electron chi connectivity index (χ0n) is 14.3. The molecule has 1 saturated carbocycles. The number of carbonyl (C=O) groups is 1. The molecule has 1 aliphatic carbocycles. The van der Waals surface area contributed by atoms with E-state index < -0.39 is 0 Å². The standard InChI is InChI=1S/C18H18N4O3S2/c23-13-6-3-11(8-14(13)24)9-19-16(25)10-27-18-21-20-17(15-2-1-7-26-15)22(18)12-4-5-12/h1-3,6-8,12,23-24H,4-5,9-10H2,(H,19,25). The molecule has 0 spiro atoms. The average molecular weight is 403 g/mol. The lowest BCUT2D eigenvalue weighted by Crippen LogP contribution is -2.24. The van der Waals surface area contributed by atoms with Crippen molar-refractivity contribution in [2.24, 2.45) is 0 Å². The second kappa shape index (κ2) is 7.61. The Balaban J connectivity index is 1.37. The predicted octanol–water partition coefficient (Wildman–Crippen LogP) is 3.16. The van der Waals surface area contributed by atoms with Gasteiger partial charge in [0.2, 0.25) is 5.91 Å². The number of carbonyl (C=O) groups excluding carboxylic acids is 1. The van der Waals surface area contributed by atoms with Gasteiger partial charge in [-0.25, -0.2) is 0 Å². The third-order valence-corrected chi connectivity index (χ3v) is 5.99. The molecule has 3 aromatic rings. The lowest BCUT2D eigenvalue weighted by Gasteiger charge is -2.08. The van der Waals surface area contributed by atoms with E-state index in [0.717, 1.165) is 28.7 Å². The molecular formula is C18H18N4O3S2. The first-order valence-corrected chi connectivity index (χ1v) is 10.4. The van der Waals surface area contributed by atoms with E-state index in [1.165, 1.54) is 23.9 Å². The summed E-state index contributed by atoms with van der Waals surface area (Å²) < 4.78 is 2.14. The van der Waals surface area contributed by atoms with Crippen molar-refractivity contribution < 1.29 is 15.0 Å². The number of nitrogens with one attached hydrogen (secondary N) is 1. The van der Waals surface area contributed by atoms with E-state index in [9.17, 15) is 15.0 Å². The van der Waals surface area contributed by atoms with Crippen molar-refractivity contribution in [1.82, 2.24) is 20.1 Å².